The molecule has 0 radical (unpaired) electrons. The Morgan fingerprint density at radius 3 is 1.83 bits per heavy atom. The third-order valence-corrected chi connectivity index (χ3v) is 17.3. The summed E-state index contributed by atoms with van der Waals surface area (Å²) >= 11 is 9.10. The summed E-state index contributed by atoms with van der Waals surface area (Å²) in [7, 11) is 3.74. The van der Waals surface area contributed by atoms with Crippen LogP contribution in [0.3, 0.4) is 0 Å². The molecule has 3 aromatic rings. The van der Waals surface area contributed by atoms with Crippen LogP contribution in [0.5, 0.6) is 0 Å². The molecule has 7 rings (SSSR count). The molecule has 5 heterocycles. The lowest BCUT2D eigenvalue weighted by molar-refractivity contribution is -0.143. The van der Waals surface area contributed by atoms with Gasteiger partial charge in [0.05, 0.1) is 79.1 Å². The number of thiocarbonyl (C=S) groups is 1. The fraction of sp³-hybridized carbons (Fsp3) is 0.627. The second-order valence-corrected chi connectivity index (χ2v) is 23.6. The summed E-state index contributed by atoms with van der Waals surface area (Å²) in [6.45, 7) is 14.2. The molecule has 71 heavy (non-hydrogen) atoms. The molecule has 6 N–H and O–H groups in total. The average molecular weight is 1030 g/mol. The summed E-state index contributed by atoms with van der Waals surface area (Å²) < 4.78 is 14.2. The van der Waals surface area contributed by atoms with Crippen LogP contribution >= 0.6 is 35.7 Å². The van der Waals surface area contributed by atoms with Gasteiger partial charge in [-0.15, -0.1) is 28.6 Å². The molecule has 0 bridgehead atoms. The van der Waals surface area contributed by atoms with Crippen molar-refractivity contribution in [1.82, 2.24) is 56.7 Å². The highest BCUT2D eigenvalue weighted by Gasteiger charge is 2.56. The van der Waals surface area contributed by atoms with E-state index in [4.69, 9.17) is 21.7 Å². The molecule has 2 aromatic carbocycles. The highest BCUT2D eigenvalue weighted by molar-refractivity contribution is 8.00. The van der Waals surface area contributed by atoms with Crippen molar-refractivity contribution in [2.75, 3.05) is 52.0 Å². The molecule has 4 aliphatic heterocycles. The Hall–Kier alpha value is -4.15. The Morgan fingerprint density at radius 2 is 1.30 bits per heavy atom. The highest BCUT2D eigenvalue weighted by atomic mass is 32.2. The van der Waals surface area contributed by atoms with Crippen LogP contribution in [0.1, 0.15) is 96.1 Å². The molecule has 20 heteroatoms. The van der Waals surface area contributed by atoms with Crippen LogP contribution in [0.15, 0.2) is 66.9 Å². The van der Waals surface area contributed by atoms with Crippen LogP contribution in [0.25, 0.3) is 0 Å². The summed E-state index contributed by atoms with van der Waals surface area (Å²) in [4.78, 5) is 61.6. The second-order valence-electron chi connectivity index (χ2n) is 20.6. The monoisotopic (exact) mass is 1030 g/mol. The van der Waals surface area contributed by atoms with E-state index in [0.29, 0.717) is 49.6 Å². The van der Waals surface area contributed by atoms with Gasteiger partial charge in [0.2, 0.25) is 23.6 Å². The number of hydrogen-bond donors (Lipinski definition) is 6. The van der Waals surface area contributed by atoms with Crippen LogP contribution in [-0.4, -0.2) is 152 Å². The van der Waals surface area contributed by atoms with E-state index < -0.39 is 41.0 Å². The Bertz CT molecular complexity index is 2270. The molecular weight excluding hydrogens is 959 g/mol. The first-order chi connectivity index (χ1) is 34.0. The lowest BCUT2D eigenvalue weighted by Crippen LogP contribution is -2.58. The molecule has 0 saturated carbocycles. The molecule has 4 aliphatic rings. The molecule has 4 fully saturated rings. The molecule has 17 nitrogen and oxygen atoms in total. The summed E-state index contributed by atoms with van der Waals surface area (Å²) in [5.74, 6) is 1.08. The molecular formula is C51H75N11O6S3. The first-order valence-electron chi connectivity index (χ1n) is 25.0. The normalized spacial score (nSPS) is 25.5. The van der Waals surface area contributed by atoms with E-state index in [1.165, 1.54) is 0 Å². The number of aromatic nitrogens is 3. The Balaban J connectivity index is 0.940. The summed E-state index contributed by atoms with van der Waals surface area (Å²) in [6.07, 6.45) is 4.57. The SMILES string of the molecule is CN[C@@H](C)C(=S)N[C@H]1CCS[C@H]2CC(C)(C)[C@@H](C(=O)N[C@H](COCc3cn(CCOC[C@@H](NC(=O)[C@H]4N5C(=O)[C@@H](NC[C@H](C)NC)CCS[C@H]5CC4(C)C)c4ccccc4)nn3)c3ccccc3)N2C1=O. The zero-order chi connectivity index (χ0) is 50.9. The van der Waals surface area contributed by atoms with Gasteiger partial charge < -0.3 is 51.2 Å². The first kappa shape index (κ1) is 54.6. The van der Waals surface area contributed by atoms with Gasteiger partial charge in [-0.3, -0.25) is 19.2 Å². The number of nitrogens with one attached hydrogen (secondary N) is 6. The Labute approximate surface area is 433 Å². The van der Waals surface area contributed by atoms with E-state index in [-0.39, 0.29) is 72.3 Å². The average Bonchev–Trinajstić information content (AvgIpc) is 3.95. The predicted octanol–water partition coefficient (Wildman–Crippen LogP) is 4.17. The molecule has 10 atom stereocenters. The summed E-state index contributed by atoms with van der Waals surface area (Å²) in [5.41, 5.74) is 1.49. The van der Waals surface area contributed by atoms with Crippen molar-refractivity contribution < 1.29 is 28.7 Å². The molecule has 0 spiro atoms. The minimum absolute atomic E-state index is 0.0156. The van der Waals surface area contributed by atoms with E-state index in [9.17, 15) is 19.2 Å². The Morgan fingerprint density at radius 1 is 0.775 bits per heavy atom. The van der Waals surface area contributed by atoms with Crippen LogP contribution < -0.4 is 31.9 Å². The van der Waals surface area contributed by atoms with Crippen molar-refractivity contribution in [2.45, 2.75) is 139 Å². The van der Waals surface area contributed by atoms with Crippen molar-refractivity contribution >= 4 is 64.4 Å². The standard InChI is InChI=1S/C51H75N11O6S3/c1-32(52-7)27-54-37-19-23-70-41-25-50(3,4)43(61(41)48(37)65)45(63)55-39(34-15-11-9-12-16-34)30-67-22-21-60-28-36(58-59-60)29-68-31-40(35-17-13-10-14-18-35)56-46(64)44-51(5,6)26-42-62(44)49(66)38(20-24-71-42)57-47(69)33(2)53-8/h9-18,28,32-33,37-44,52-54H,19-27,29-31H2,1-8H3,(H,55,63)(H,56,64)(H,57,69)/t32-,33-,37-,38-,39+,40+,41-,42-,43+,44+/m0/s1. The number of likely N-dealkylation sites (N-methyl/N-ethyl adjacent to an activating group) is 2. The zero-order valence-electron chi connectivity index (χ0n) is 42.5. The fourth-order valence-corrected chi connectivity index (χ4v) is 13.5. The Kier molecular flexibility index (Phi) is 19.0. The smallest absolute Gasteiger partial charge is 0.246 e. The van der Waals surface area contributed by atoms with Crippen LogP contribution in [0, 0.1) is 10.8 Å². The second kappa shape index (κ2) is 24.7. The van der Waals surface area contributed by atoms with Gasteiger partial charge in [0, 0.05) is 12.6 Å². The number of fused-ring (bicyclic) bond motifs is 2. The third kappa shape index (κ3) is 13.5. The van der Waals surface area contributed by atoms with Gasteiger partial charge in [0.25, 0.3) is 0 Å². The number of hydrogen-bond acceptors (Lipinski definition) is 14. The maximum absolute atomic E-state index is 14.5. The molecule has 4 saturated heterocycles. The molecule has 388 valence electrons. The maximum Gasteiger partial charge on any atom is 0.246 e. The highest BCUT2D eigenvalue weighted by Crippen LogP contribution is 2.48. The maximum atomic E-state index is 14.5. The van der Waals surface area contributed by atoms with E-state index in [1.807, 2.05) is 92.8 Å². The first-order valence-corrected chi connectivity index (χ1v) is 27.5. The zero-order valence-corrected chi connectivity index (χ0v) is 45.0. The van der Waals surface area contributed by atoms with E-state index >= 15 is 0 Å². The number of carbonyl (C=O) groups excluding carboxylic acids is 4. The lowest BCUT2D eigenvalue weighted by atomic mass is 9.83. The number of rotatable bonds is 22. The van der Waals surface area contributed by atoms with Crippen molar-refractivity contribution in [2.24, 2.45) is 10.8 Å². The summed E-state index contributed by atoms with van der Waals surface area (Å²) in [6, 6.07) is 16.4. The number of amides is 4. The van der Waals surface area contributed by atoms with Gasteiger partial charge in [-0.2, -0.15) is 0 Å². The lowest BCUT2D eigenvalue weighted by Gasteiger charge is -2.35. The molecule has 4 amide bonds. The van der Waals surface area contributed by atoms with Crippen molar-refractivity contribution in [3.05, 3.63) is 83.7 Å². The van der Waals surface area contributed by atoms with Gasteiger partial charge in [0.1, 0.15) is 23.8 Å². The topological polar surface area (TPSA) is 196 Å². The van der Waals surface area contributed by atoms with Crippen molar-refractivity contribution in [3.8, 4) is 0 Å². The van der Waals surface area contributed by atoms with Gasteiger partial charge in [-0.05, 0) is 87.1 Å². The van der Waals surface area contributed by atoms with Gasteiger partial charge in [-0.1, -0.05) is 106 Å². The van der Waals surface area contributed by atoms with Crippen LogP contribution in [-0.2, 0) is 41.8 Å². The fourth-order valence-electron chi connectivity index (χ4n) is 10.1. The number of carbonyl (C=O) groups is 4. The minimum Gasteiger partial charge on any atom is -0.377 e. The van der Waals surface area contributed by atoms with E-state index in [1.54, 1.807) is 33.1 Å². The number of ether oxygens (including phenoxy) is 2. The van der Waals surface area contributed by atoms with Crippen molar-refractivity contribution in [3.63, 3.8) is 0 Å². The van der Waals surface area contributed by atoms with Crippen LogP contribution in [0.2, 0.25) is 0 Å². The largest absolute Gasteiger partial charge is 0.377 e. The van der Waals surface area contributed by atoms with Crippen LogP contribution in [0.4, 0.5) is 0 Å². The minimum atomic E-state index is -0.692. The quantitative estimate of drug-likeness (QED) is 0.0620. The number of benzene rings is 2. The number of thioether (sulfide) groups is 2. The van der Waals surface area contributed by atoms with Crippen molar-refractivity contribution in [1.29, 1.82) is 0 Å². The summed E-state index contributed by atoms with van der Waals surface area (Å²) in [5, 5.41) is 28.2. The van der Waals surface area contributed by atoms with Gasteiger partial charge in [-0.25, -0.2) is 4.68 Å². The van der Waals surface area contributed by atoms with E-state index in [2.05, 4.69) is 76.8 Å². The predicted molar refractivity (Wildman–Crippen MR) is 283 cm³/mol. The third-order valence-electron chi connectivity index (χ3n) is 14.3. The molecule has 0 aliphatic carbocycles. The number of nitrogens with zero attached hydrogens (tertiary/aromatic N) is 5. The molecule has 1 aromatic heterocycles. The molecule has 0 unspecified atom stereocenters. The van der Waals surface area contributed by atoms with Gasteiger partial charge >= 0.3 is 0 Å². The van der Waals surface area contributed by atoms with Gasteiger partial charge in [0.15, 0.2) is 0 Å². The van der Waals surface area contributed by atoms with E-state index in [0.717, 1.165) is 29.1 Å².